The van der Waals surface area contributed by atoms with Crippen molar-refractivity contribution in [1.82, 2.24) is 5.32 Å². The first-order chi connectivity index (χ1) is 14.2. The number of nitrogens with zero attached hydrogens (tertiary/aromatic N) is 1. The van der Waals surface area contributed by atoms with Gasteiger partial charge < -0.3 is 10.2 Å². The maximum atomic E-state index is 12.9. The van der Waals surface area contributed by atoms with Crippen LogP contribution < -0.4 is 10.2 Å². The largest absolute Gasteiger partial charge is 0.371 e. The molecule has 0 radical (unpaired) electrons. The Kier molecular flexibility index (Phi) is 8.12. The van der Waals surface area contributed by atoms with Crippen molar-refractivity contribution in [3.63, 3.8) is 0 Å². The summed E-state index contributed by atoms with van der Waals surface area (Å²) in [4.78, 5) is 26.0. The summed E-state index contributed by atoms with van der Waals surface area (Å²) in [5.74, 6) is -0.0908. The molecule has 0 saturated carbocycles. The van der Waals surface area contributed by atoms with Crippen molar-refractivity contribution < 1.29 is 9.59 Å². The van der Waals surface area contributed by atoms with E-state index in [2.05, 4.69) is 10.2 Å². The van der Waals surface area contributed by atoms with E-state index >= 15 is 0 Å². The van der Waals surface area contributed by atoms with E-state index in [0.717, 1.165) is 43.5 Å². The van der Waals surface area contributed by atoms with E-state index in [0.29, 0.717) is 29.1 Å². The van der Waals surface area contributed by atoms with Crippen LogP contribution in [-0.2, 0) is 6.42 Å². The van der Waals surface area contributed by atoms with E-state index < -0.39 is 0 Å². The molecule has 4 nitrogen and oxygen atoms in total. The lowest BCUT2D eigenvalue weighted by atomic mass is 10.1. The van der Waals surface area contributed by atoms with Gasteiger partial charge >= 0.3 is 0 Å². The zero-order valence-corrected chi connectivity index (χ0v) is 17.6. The number of hydrogen-bond acceptors (Lipinski definition) is 3. The van der Waals surface area contributed by atoms with E-state index in [1.165, 1.54) is 25.7 Å². The third kappa shape index (κ3) is 6.33. The number of anilines is 1. The van der Waals surface area contributed by atoms with Crippen LogP contribution in [0, 0.1) is 0 Å². The second-order valence-corrected chi connectivity index (χ2v) is 8.07. The van der Waals surface area contributed by atoms with Crippen LogP contribution in [0.5, 0.6) is 0 Å². The summed E-state index contributed by atoms with van der Waals surface area (Å²) in [5.41, 5.74) is 3.37. The molecule has 3 rings (SSSR count). The SMILES string of the molecule is O=Cc1ccc(CCNC(=O)c2cc(Cl)ccc2N2CCCCCCCC2)cc1. The van der Waals surface area contributed by atoms with Gasteiger partial charge in [0.25, 0.3) is 5.91 Å². The van der Waals surface area contributed by atoms with E-state index in [1.807, 2.05) is 24.3 Å². The Labute approximate surface area is 178 Å². The third-order valence-electron chi connectivity index (χ3n) is 5.47. The molecule has 2 aromatic rings. The molecule has 0 atom stereocenters. The predicted octanol–water partition coefficient (Wildman–Crippen LogP) is 5.29. The van der Waals surface area contributed by atoms with Gasteiger partial charge in [-0.15, -0.1) is 0 Å². The molecule has 29 heavy (non-hydrogen) atoms. The zero-order valence-electron chi connectivity index (χ0n) is 16.8. The summed E-state index contributed by atoms with van der Waals surface area (Å²) < 4.78 is 0. The second kappa shape index (κ2) is 11.0. The maximum Gasteiger partial charge on any atom is 0.253 e. The lowest BCUT2D eigenvalue weighted by Crippen LogP contribution is -2.31. The van der Waals surface area contributed by atoms with Crippen LogP contribution in [0.2, 0.25) is 5.02 Å². The van der Waals surface area contributed by atoms with Crippen LogP contribution in [0.4, 0.5) is 5.69 Å². The normalized spacial score (nSPS) is 15.1. The van der Waals surface area contributed by atoms with Gasteiger partial charge in [-0.1, -0.05) is 61.5 Å². The minimum Gasteiger partial charge on any atom is -0.371 e. The fourth-order valence-electron chi connectivity index (χ4n) is 3.81. The molecule has 0 unspecified atom stereocenters. The van der Waals surface area contributed by atoms with Gasteiger partial charge in [0.2, 0.25) is 0 Å². The Morgan fingerprint density at radius 1 is 0.966 bits per heavy atom. The topological polar surface area (TPSA) is 49.4 Å². The molecule has 1 saturated heterocycles. The van der Waals surface area contributed by atoms with Crippen LogP contribution in [-0.4, -0.2) is 31.8 Å². The van der Waals surface area contributed by atoms with Crippen molar-refractivity contribution in [3.8, 4) is 0 Å². The van der Waals surface area contributed by atoms with Crippen LogP contribution >= 0.6 is 11.6 Å². The number of rotatable bonds is 6. The van der Waals surface area contributed by atoms with Crippen LogP contribution in [0.25, 0.3) is 0 Å². The van der Waals surface area contributed by atoms with E-state index in [9.17, 15) is 9.59 Å². The Morgan fingerprint density at radius 2 is 1.62 bits per heavy atom. The van der Waals surface area contributed by atoms with Crippen LogP contribution in [0.15, 0.2) is 42.5 Å². The molecule has 154 valence electrons. The molecule has 1 aliphatic heterocycles. The minimum absolute atomic E-state index is 0.0908. The molecule has 0 bridgehead atoms. The lowest BCUT2D eigenvalue weighted by Gasteiger charge is -2.26. The summed E-state index contributed by atoms with van der Waals surface area (Å²) >= 11 is 6.22. The van der Waals surface area contributed by atoms with Crippen molar-refractivity contribution in [2.24, 2.45) is 0 Å². The van der Waals surface area contributed by atoms with E-state index in [4.69, 9.17) is 11.6 Å². The summed E-state index contributed by atoms with van der Waals surface area (Å²) in [6.07, 6.45) is 8.94. The Bertz CT molecular complexity index is 810. The van der Waals surface area contributed by atoms with Crippen molar-refractivity contribution in [3.05, 3.63) is 64.2 Å². The number of benzene rings is 2. The molecule has 1 amide bonds. The van der Waals surface area contributed by atoms with Gasteiger partial charge in [-0.2, -0.15) is 0 Å². The molecular formula is C24H29ClN2O2. The second-order valence-electron chi connectivity index (χ2n) is 7.64. The fraction of sp³-hybridized carbons (Fsp3) is 0.417. The highest BCUT2D eigenvalue weighted by Crippen LogP contribution is 2.26. The Balaban J connectivity index is 1.66. The third-order valence-corrected chi connectivity index (χ3v) is 5.70. The fourth-order valence-corrected chi connectivity index (χ4v) is 3.98. The average molecular weight is 413 g/mol. The average Bonchev–Trinajstić information content (AvgIpc) is 2.88. The number of amides is 1. The van der Waals surface area contributed by atoms with Gasteiger partial charge in [0.1, 0.15) is 6.29 Å². The molecule has 0 aromatic heterocycles. The van der Waals surface area contributed by atoms with Crippen molar-refractivity contribution in [2.45, 2.75) is 44.9 Å². The number of carbonyl (C=O) groups is 2. The summed E-state index contributed by atoms with van der Waals surface area (Å²) in [6, 6.07) is 13.1. The molecule has 0 spiro atoms. The number of hydrogen-bond donors (Lipinski definition) is 1. The molecule has 1 aliphatic rings. The van der Waals surface area contributed by atoms with Crippen molar-refractivity contribution in [2.75, 3.05) is 24.5 Å². The van der Waals surface area contributed by atoms with E-state index in [-0.39, 0.29) is 5.91 Å². The quantitative estimate of drug-likeness (QED) is 0.656. The summed E-state index contributed by atoms with van der Waals surface area (Å²) in [7, 11) is 0. The first kappa shape index (κ1) is 21.4. The monoisotopic (exact) mass is 412 g/mol. The summed E-state index contributed by atoms with van der Waals surface area (Å²) in [6.45, 7) is 2.49. The molecule has 1 fully saturated rings. The first-order valence-electron chi connectivity index (χ1n) is 10.5. The molecule has 0 aliphatic carbocycles. The van der Waals surface area contributed by atoms with Gasteiger partial charge in [-0.25, -0.2) is 0 Å². The molecule has 1 heterocycles. The van der Waals surface area contributed by atoms with Crippen molar-refractivity contribution >= 4 is 29.5 Å². The molecule has 1 N–H and O–H groups in total. The Hall–Kier alpha value is -2.33. The summed E-state index contributed by atoms with van der Waals surface area (Å²) in [5, 5.41) is 3.61. The number of carbonyl (C=O) groups excluding carboxylic acids is 2. The van der Waals surface area contributed by atoms with Gasteiger partial charge in [-0.05, 0) is 43.0 Å². The number of halogens is 1. The van der Waals surface area contributed by atoms with Gasteiger partial charge in [0.15, 0.2) is 0 Å². The highest BCUT2D eigenvalue weighted by molar-refractivity contribution is 6.31. The van der Waals surface area contributed by atoms with Gasteiger partial charge in [0.05, 0.1) is 5.56 Å². The first-order valence-corrected chi connectivity index (χ1v) is 10.9. The highest BCUT2D eigenvalue weighted by atomic mass is 35.5. The number of nitrogens with one attached hydrogen (secondary N) is 1. The molecule has 5 heteroatoms. The zero-order chi connectivity index (χ0) is 20.5. The van der Waals surface area contributed by atoms with Crippen molar-refractivity contribution in [1.29, 1.82) is 0 Å². The lowest BCUT2D eigenvalue weighted by molar-refractivity contribution is 0.0954. The Morgan fingerprint density at radius 3 is 2.28 bits per heavy atom. The molecule has 2 aromatic carbocycles. The smallest absolute Gasteiger partial charge is 0.253 e. The van der Waals surface area contributed by atoms with Crippen LogP contribution in [0.1, 0.15) is 64.8 Å². The van der Waals surface area contributed by atoms with Gasteiger partial charge in [0, 0.05) is 35.9 Å². The predicted molar refractivity (Wildman–Crippen MR) is 119 cm³/mol. The maximum absolute atomic E-state index is 12.9. The van der Waals surface area contributed by atoms with Gasteiger partial charge in [-0.3, -0.25) is 9.59 Å². The minimum atomic E-state index is -0.0908. The number of aldehydes is 1. The standard InChI is InChI=1S/C24H29ClN2O2/c25-21-11-12-23(27-15-5-3-1-2-4-6-16-27)22(17-21)24(29)26-14-13-19-7-9-20(18-28)10-8-19/h7-12,17-18H,1-6,13-16H2,(H,26,29). The van der Waals surface area contributed by atoms with Crippen LogP contribution in [0.3, 0.4) is 0 Å². The highest BCUT2D eigenvalue weighted by Gasteiger charge is 2.17. The molecular weight excluding hydrogens is 384 g/mol. The van der Waals surface area contributed by atoms with E-state index in [1.54, 1.807) is 18.2 Å².